The molecule has 1 aliphatic carbocycles. The van der Waals surface area contributed by atoms with Gasteiger partial charge in [0.25, 0.3) is 0 Å². The van der Waals surface area contributed by atoms with Gasteiger partial charge in [-0.05, 0) is 43.2 Å². The molecule has 0 spiro atoms. The van der Waals surface area contributed by atoms with Crippen LogP contribution in [0.5, 0.6) is 0 Å². The van der Waals surface area contributed by atoms with Gasteiger partial charge in [-0.15, -0.1) is 0 Å². The van der Waals surface area contributed by atoms with Crippen LogP contribution in [-0.2, 0) is 17.5 Å². The molecule has 0 saturated heterocycles. The number of aromatic nitrogens is 2. The number of hydrogen-bond acceptors (Lipinski definition) is 3. The van der Waals surface area contributed by atoms with Gasteiger partial charge >= 0.3 is 6.18 Å². The van der Waals surface area contributed by atoms with E-state index in [1.165, 1.54) is 4.68 Å². The molecule has 0 unspecified atom stereocenters. The van der Waals surface area contributed by atoms with Crippen LogP contribution in [0.4, 0.5) is 24.5 Å². The Balaban J connectivity index is 1.71. The Morgan fingerprint density at radius 1 is 1.28 bits per heavy atom. The molecule has 0 atom stereocenters. The number of nitrogens with one attached hydrogen (secondary N) is 1. The minimum Gasteiger partial charge on any atom is -0.378 e. The number of nitrogens with zero attached hydrogens (tertiary/aromatic N) is 3. The van der Waals surface area contributed by atoms with Crippen LogP contribution in [0.3, 0.4) is 0 Å². The predicted octanol–water partition coefficient (Wildman–Crippen LogP) is 3.48. The van der Waals surface area contributed by atoms with Crippen molar-refractivity contribution in [3.05, 3.63) is 41.7 Å². The lowest BCUT2D eigenvalue weighted by Crippen LogP contribution is -2.21. The number of benzene rings is 1. The molecule has 1 aliphatic rings. The molecule has 1 heterocycles. The first-order valence-corrected chi connectivity index (χ1v) is 7.96. The highest BCUT2D eigenvalue weighted by molar-refractivity contribution is 5.90. The Morgan fingerprint density at radius 2 is 1.92 bits per heavy atom. The van der Waals surface area contributed by atoms with Gasteiger partial charge in [-0.2, -0.15) is 18.3 Å². The molecule has 1 N–H and O–H groups in total. The van der Waals surface area contributed by atoms with Gasteiger partial charge in [0, 0.05) is 37.1 Å². The summed E-state index contributed by atoms with van der Waals surface area (Å²) in [7, 11) is 3.81. The second kappa shape index (κ2) is 6.42. The lowest BCUT2D eigenvalue weighted by molar-refractivity contribution is -0.141. The Hall–Kier alpha value is -2.51. The molecule has 0 aliphatic heterocycles. The van der Waals surface area contributed by atoms with Gasteiger partial charge < -0.3 is 10.2 Å². The van der Waals surface area contributed by atoms with Crippen LogP contribution in [0.25, 0.3) is 0 Å². The van der Waals surface area contributed by atoms with Gasteiger partial charge in [-0.1, -0.05) is 0 Å². The van der Waals surface area contributed by atoms with Crippen molar-refractivity contribution in [3.8, 4) is 0 Å². The lowest BCUT2D eigenvalue weighted by atomic mass is 10.2. The largest absolute Gasteiger partial charge is 0.435 e. The van der Waals surface area contributed by atoms with Crippen molar-refractivity contribution < 1.29 is 18.0 Å². The van der Waals surface area contributed by atoms with E-state index in [9.17, 15) is 18.0 Å². The molecule has 8 heteroatoms. The molecule has 1 aromatic heterocycles. The second-order valence-electron chi connectivity index (χ2n) is 6.37. The molecular formula is C17H19F3N4O. The molecule has 1 saturated carbocycles. The zero-order valence-corrected chi connectivity index (χ0v) is 14.0. The smallest absolute Gasteiger partial charge is 0.378 e. The van der Waals surface area contributed by atoms with Crippen molar-refractivity contribution in [1.82, 2.24) is 9.78 Å². The monoisotopic (exact) mass is 352 g/mol. The summed E-state index contributed by atoms with van der Waals surface area (Å²) >= 11 is 0. The molecule has 2 aromatic rings. The molecule has 0 bridgehead atoms. The second-order valence-corrected chi connectivity index (χ2v) is 6.37. The number of alkyl halides is 3. The van der Waals surface area contributed by atoms with Gasteiger partial charge in [-0.25, -0.2) is 0 Å². The van der Waals surface area contributed by atoms with E-state index in [2.05, 4.69) is 10.4 Å². The van der Waals surface area contributed by atoms with Crippen LogP contribution in [0.1, 0.15) is 30.1 Å². The fraction of sp³-hybridized carbons (Fsp3) is 0.412. The maximum absolute atomic E-state index is 12.9. The molecular weight excluding hydrogens is 333 g/mol. The summed E-state index contributed by atoms with van der Waals surface area (Å²) in [6, 6.07) is 8.25. The molecule has 1 amide bonds. The Morgan fingerprint density at radius 3 is 2.44 bits per heavy atom. The molecule has 25 heavy (non-hydrogen) atoms. The number of carbonyl (C=O) groups excluding carboxylic acids is 1. The van der Waals surface area contributed by atoms with Gasteiger partial charge in [0.05, 0.1) is 0 Å². The summed E-state index contributed by atoms with van der Waals surface area (Å²) in [5, 5.41) is 6.28. The van der Waals surface area contributed by atoms with E-state index >= 15 is 0 Å². The third kappa shape index (κ3) is 4.12. The van der Waals surface area contributed by atoms with E-state index in [-0.39, 0.29) is 12.5 Å². The van der Waals surface area contributed by atoms with Crippen molar-refractivity contribution in [3.63, 3.8) is 0 Å². The summed E-state index contributed by atoms with van der Waals surface area (Å²) in [6.07, 6.45) is -2.85. The fourth-order valence-corrected chi connectivity index (χ4v) is 2.58. The highest BCUT2D eigenvalue weighted by atomic mass is 19.4. The van der Waals surface area contributed by atoms with Gasteiger partial charge in [0.15, 0.2) is 5.69 Å². The maximum Gasteiger partial charge on any atom is 0.435 e. The Bertz CT molecular complexity index is 761. The van der Waals surface area contributed by atoms with E-state index in [0.29, 0.717) is 11.4 Å². The lowest BCUT2D eigenvalue weighted by Gasteiger charge is -2.13. The topological polar surface area (TPSA) is 50.2 Å². The minimum atomic E-state index is -4.51. The standard InChI is InChI=1S/C17H19F3N4O/c1-23(2)13-7-5-12(6-8-13)21-16(25)10-24-14(11-3-4-11)9-15(22-24)17(18,19)20/h5-9,11H,3-4,10H2,1-2H3,(H,21,25). The van der Waals surface area contributed by atoms with Crippen LogP contribution in [0.15, 0.2) is 30.3 Å². The highest BCUT2D eigenvalue weighted by Gasteiger charge is 2.38. The first-order chi connectivity index (χ1) is 11.7. The normalized spacial score (nSPS) is 14.4. The van der Waals surface area contributed by atoms with Crippen LogP contribution in [-0.4, -0.2) is 29.8 Å². The van der Waals surface area contributed by atoms with Gasteiger partial charge in [0.1, 0.15) is 6.54 Å². The fourth-order valence-electron chi connectivity index (χ4n) is 2.58. The molecule has 5 nitrogen and oxygen atoms in total. The number of halogens is 3. The van der Waals surface area contributed by atoms with E-state index in [4.69, 9.17) is 0 Å². The Kier molecular flexibility index (Phi) is 4.45. The SMILES string of the molecule is CN(C)c1ccc(NC(=O)Cn2nc(C(F)(F)F)cc2C2CC2)cc1. The number of amides is 1. The van der Waals surface area contributed by atoms with Crippen LogP contribution in [0, 0.1) is 0 Å². The minimum absolute atomic E-state index is 0.0655. The summed E-state index contributed by atoms with van der Waals surface area (Å²) in [4.78, 5) is 14.1. The molecule has 1 fully saturated rings. The number of hydrogen-bond donors (Lipinski definition) is 1. The van der Waals surface area contributed by atoms with E-state index in [1.807, 2.05) is 31.1 Å². The zero-order valence-electron chi connectivity index (χ0n) is 14.0. The summed E-state index contributed by atoms with van der Waals surface area (Å²) < 4.78 is 39.8. The quantitative estimate of drug-likeness (QED) is 0.896. The van der Waals surface area contributed by atoms with Crippen LogP contribution < -0.4 is 10.2 Å². The molecule has 1 aromatic carbocycles. The van der Waals surface area contributed by atoms with Crippen molar-refractivity contribution >= 4 is 17.3 Å². The van der Waals surface area contributed by atoms with E-state index < -0.39 is 17.8 Å². The van der Waals surface area contributed by atoms with E-state index in [1.54, 1.807) is 12.1 Å². The average molecular weight is 352 g/mol. The number of carbonyl (C=O) groups is 1. The van der Waals surface area contributed by atoms with Crippen molar-refractivity contribution in [2.24, 2.45) is 0 Å². The summed E-state index contributed by atoms with van der Waals surface area (Å²) in [5.74, 6) is -0.341. The van der Waals surface area contributed by atoms with Gasteiger partial charge in [0.2, 0.25) is 5.91 Å². The highest BCUT2D eigenvalue weighted by Crippen LogP contribution is 2.42. The molecule has 134 valence electrons. The van der Waals surface area contributed by atoms with Crippen molar-refractivity contribution in [1.29, 1.82) is 0 Å². The summed E-state index contributed by atoms with van der Waals surface area (Å²) in [6.45, 7) is -0.239. The van der Waals surface area contributed by atoms with Gasteiger partial charge in [-0.3, -0.25) is 9.48 Å². The first-order valence-electron chi connectivity index (χ1n) is 7.96. The van der Waals surface area contributed by atoms with Crippen molar-refractivity contribution in [2.45, 2.75) is 31.5 Å². The Labute approximate surface area is 143 Å². The predicted molar refractivity (Wildman–Crippen MR) is 88.6 cm³/mol. The molecule has 0 radical (unpaired) electrons. The molecule has 3 rings (SSSR count). The van der Waals surface area contributed by atoms with Crippen LogP contribution in [0.2, 0.25) is 0 Å². The first kappa shape index (κ1) is 17.3. The summed E-state index contributed by atoms with van der Waals surface area (Å²) in [5.41, 5.74) is 1.10. The zero-order chi connectivity index (χ0) is 18.2. The van der Waals surface area contributed by atoms with Crippen molar-refractivity contribution in [2.75, 3.05) is 24.3 Å². The maximum atomic E-state index is 12.9. The number of anilines is 2. The van der Waals surface area contributed by atoms with Crippen LogP contribution >= 0.6 is 0 Å². The third-order valence-corrected chi connectivity index (χ3v) is 4.06. The average Bonchev–Trinajstić information content (AvgIpc) is 3.27. The third-order valence-electron chi connectivity index (χ3n) is 4.06. The number of rotatable bonds is 5. The van der Waals surface area contributed by atoms with E-state index in [0.717, 1.165) is 24.6 Å².